The Morgan fingerprint density at radius 2 is 1.75 bits per heavy atom. The molecule has 3 aromatic rings. The number of nitrogens with zero attached hydrogens (tertiary/aromatic N) is 4. The van der Waals surface area contributed by atoms with Crippen LogP contribution in [0.5, 0.6) is 0 Å². The van der Waals surface area contributed by atoms with E-state index < -0.39 is 11.7 Å². The molecular weight excluding hydrogens is 319 g/mol. The highest BCUT2D eigenvalue weighted by atomic mass is 19.4. The second-order valence-electron chi connectivity index (χ2n) is 5.05. The van der Waals surface area contributed by atoms with E-state index in [1.165, 1.54) is 16.9 Å². The van der Waals surface area contributed by atoms with Gasteiger partial charge in [0, 0.05) is 16.9 Å². The third kappa shape index (κ3) is 3.37. The Balaban J connectivity index is 1.88. The van der Waals surface area contributed by atoms with Crippen LogP contribution in [0.2, 0.25) is 0 Å². The van der Waals surface area contributed by atoms with E-state index in [0.29, 0.717) is 23.7 Å². The number of nitrogens with one attached hydrogen (secondary N) is 1. The number of aryl methyl sites for hydroxylation is 1. The number of para-hydroxylation sites is 1. The largest absolute Gasteiger partial charge is 0.416 e. The molecule has 1 aromatic heterocycles. The molecule has 1 N–H and O–H groups in total. The Bertz CT molecular complexity index is 824. The molecule has 124 valence electrons. The first-order chi connectivity index (χ1) is 11.5. The zero-order chi connectivity index (χ0) is 17.2. The lowest BCUT2D eigenvalue weighted by molar-refractivity contribution is -0.137. The van der Waals surface area contributed by atoms with Gasteiger partial charge in [0.05, 0.1) is 12.1 Å². The van der Waals surface area contributed by atoms with Gasteiger partial charge in [-0.3, -0.25) is 0 Å². The van der Waals surface area contributed by atoms with Gasteiger partial charge in [0.25, 0.3) is 0 Å². The summed E-state index contributed by atoms with van der Waals surface area (Å²) in [6.07, 6.45) is -4.35. The van der Waals surface area contributed by atoms with Gasteiger partial charge in [0.1, 0.15) is 0 Å². The van der Waals surface area contributed by atoms with E-state index in [1.807, 2.05) is 25.1 Å². The quantitative estimate of drug-likeness (QED) is 0.780. The number of hydrogen-bond donors (Lipinski definition) is 1. The predicted molar refractivity (Wildman–Crippen MR) is 83.7 cm³/mol. The SMILES string of the molecule is CCn1nnc(-c2ccccc2Nc2ccc(C(F)(F)F)cc2)n1. The van der Waals surface area contributed by atoms with Crippen molar-refractivity contribution >= 4 is 11.4 Å². The van der Waals surface area contributed by atoms with Crippen LogP contribution in [0.15, 0.2) is 48.5 Å². The third-order valence-electron chi connectivity index (χ3n) is 3.39. The lowest BCUT2D eigenvalue weighted by Gasteiger charge is -2.11. The van der Waals surface area contributed by atoms with Crippen molar-refractivity contribution < 1.29 is 13.2 Å². The molecule has 5 nitrogen and oxygen atoms in total. The van der Waals surface area contributed by atoms with Gasteiger partial charge in [-0.2, -0.15) is 18.0 Å². The summed E-state index contributed by atoms with van der Waals surface area (Å²) in [7, 11) is 0. The highest BCUT2D eigenvalue weighted by Gasteiger charge is 2.29. The van der Waals surface area contributed by atoms with Crippen molar-refractivity contribution in [1.82, 2.24) is 20.2 Å². The van der Waals surface area contributed by atoms with Crippen LogP contribution in [0.4, 0.5) is 24.5 Å². The van der Waals surface area contributed by atoms with E-state index in [4.69, 9.17) is 0 Å². The minimum Gasteiger partial charge on any atom is -0.355 e. The lowest BCUT2D eigenvalue weighted by Crippen LogP contribution is -2.04. The summed E-state index contributed by atoms with van der Waals surface area (Å²) in [5.74, 6) is 0.451. The molecule has 2 aromatic carbocycles. The minimum atomic E-state index is -4.35. The Hall–Kier alpha value is -2.90. The molecule has 0 unspecified atom stereocenters. The van der Waals surface area contributed by atoms with Gasteiger partial charge in [-0.1, -0.05) is 12.1 Å². The Morgan fingerprint density at radius 1 is 1.04 bits per heavy atom. The summed E-state index contributed by atoms with van der Waals surface area (Å²) >= 11 is 0. The van der Waals surface area contributed by atoms with Crippen LogP contribution in [0.1, 0.15) is 12.5 Å². The van der Waals surface area contributed by atoms with Crippen LogP contribution in [0.3, 0.4) is 0 Å². The van der Waals surface area contributed by atoms with E-state index in [-0.39, 0.29) is 0 Å². The van der Waals surface area contributed by atoms with Crippen molar-refractivity contribution in [3.05, 3.63) is 54.1 Å². The Labute approximate surface area is 136 Å². The average molecular weight is 333 g/mol. The van der Waals surface area contributed by atoms with Crippen molar-refractivity contribution in [1.29, 1.82) is 0 Å². The number of rotatable bonds is 4. The fourth-order valence-corrected chi connectivity index (χ4v) is 2.17. The third-order valence-corrected chi connectivity index (χ3v) is 3.39. The summed E-state index contributed by atoms with van der Waals surface area (Å²) in [6, 6.07) is 12.1. The normalized spacial score (nSPS) is 11.5. The van der Waals surface area contributed by atoms with Crippen molar-refractivity contribution in [3.63, 3.8) is 0 Å². The predicted octanol–water partition coefficient (Wildman–Crippen LogP) is 4.12. The van der Waals surface area contributed by atoms with Crippen LogP contribution in [0, 0.1) is 0 Å². The maximum atomic E-state index is 12.6. The van der Waals surface area contributed by atoms with Gasteiger partial charge < -0.3 is 5.32 Å². The number of hydrogen-bond acceptors (Lipinski definition) is 4. The first-order valence-corrected chi connectivity index (χ1v) is 7.29. The summed E-state index contributed by atoms with van der Waals surface area (Å²) in [5.41, 5.74) is 1.26. The van der Waals surface area contributed by atoms with Gasteiger partial charge in [-0.15, -0.1) is 10.2 Å². The van der Waals surface area contributed by atoms with Crippen molar-refractivity contribution in [2.24, 2.45) is 0 Å². The van der Waals surface area contributed by atoms with Gasteiger partial charge in [-0.25, -0.2) is 0 Å². The highest BCUT2D eigenvalue weighted by molar-refractivity contribution is 5.77. The number of halogens is 3. The van der Waals surface area contributed by atoms with Gasteiger partial charge in [0.15, 0.2) is 0 Å². The molecule has 0 aliphatic carbocycles. The molecule has 0 bridgehead atoms. The molecule has 0 amide bonds. The summed E-state index contributed by atoms with van der Waals surface area (Å²) in [6.45, 7) is 2.50. The molecular formula is C16H14F3N5. The molecule has 0 aliphatic rings. The maximum Gasteiger partial charge on any atom is 0.416 e. The first-order valence-electron chi connectivity index (χ1n) is 7.29. The smallest absolute Gasteiger partial charge is 0.355 e. The van der Waals surface area contributed by atoms with E-state index in [0.717, 1.165) is 17.7 Å². The molecule has 0 saturated heterocycles. The highest BCUT2D eigenvalue weighted by Crippen LogP contribution is 2.31. The molecule has 0 aliphatic heterocycles. The molecule has 3 rings (SSSR count). The topological polar surface area (TPSA) is 55.6 Å². The van der Waals surface area contributed by atoms with Gasteiger partial charge in [0.2, 0.25) is 5.82 Å². The summed E-state index contributed by atoms with van der Waals surface area (Å²) < 4.78 is 37.9. The molecule has 0 fully saturated rings. The van der Waals surface area contributed by atoms with Crippen molar-refractivity contribution in [3.8, 4) is 11.4 Å². The Morgan fingerprint density at radius 3 is 2.38 bits per heavy atom. The number of anilines is 2. The van der Waals surface area contributed by atoms with Crippen LogP contribution in [-0.4, -0.2) is 20.2 Å². The van der Waals surface area contributed by atoms with Crippen molar-refractivity contribution in [2.75, 3.05) is 5.32 Å². The Kier molecular flexibility index (Phi) is 4.20. The maximum absolute atomic E-state index is 12.6. The number of tetrazole rings is 1. The number of aromatic nitrogens is 4. The zero-order valence-corrected chi connectivity index (χ0v) is 12.7. The van der Waals surface area contributed by atoms with Crippen LogP contribution >= 0.6 is 0 Å². The summed E-state index contributed by atoms with van der Waals surface area (Å²) in [4.78, 5) is 1.46. The molecule has 0 radical (unpaired) electrons. The second kappa shape index (κ2) is 6.31. The summed E-state index contributed by atoms with van der Waals surface area (Å²) in [5, 5.41) is 15.3. The number of alkyl halides is 3. The van der Waals surface area contributed by atoms with E-state index >= 15 is 0 Å². The van der Waals surface area contributed by atoms with Crippen LogP contribution in [-0.2, 0) is 12.7 Å². The van der Waals surface area contributed by atoms with Crippen LogP contribution in [0.25, 0.3) is 11.4 Å². The standard InChI is InChI=1S/C16H14F3N5/c1-2-24-22-15(21-23-24)13-5-3-4-6-14(13)20-12-9-7-11(8-10-12)16(17,18)19/h3-10,20H,2H2,1H3. The monoisotopic (exact) mass is 333 g/mol. The first kappa shape index (κ1) is 16.0. The number of benzene rings is 2. The minimum absolute atomic E-state index is 0.451. The fourth-order valence-electron chi connectivity index (χ4n) is 2.17. The van der Waals surface area contributed by atoms with Gasteiger partial charge >= 0.3 is 6.18 Å². The van der Waals surface area contributed by atoms with E-state index in [9.17, 15) is 13.2 Å². The molecule has 0 spiro atoms. The average Bonchev–Trinajstić information content (AvgIpc) is 3.04. The van der Waals surface area contributed by atoms with Crippen molar-refractivity contribution in [2.45, 2.75) is 19.6 Å². The molecule has 8 heteroatoms. The second-order valence-corrected chi connectivity index (χ2v) is 5.05. The fraction of sp³-hybridized carbons (Fsp3) is 0.188. The molecule has 24 heavy (non-hydrogen) atoms. The molecule has 0 atom stereocenters. The van der Waals surface area contributed by atoms with E-state index in [2.05, 4.69) is 20.7 Å². The molecule has 0 saturated carbocycles. The lowest BCUT2D eigenvalue weighted by atomic mass is 10.1. The van der Waals surface area contributed by atoms with E-state index in [1.54, 1.807) is 6.07 Å². The van der Waals surface area contributed by atoms with Crippen LogP contribution < -0.4 is 5.32 Å². The molecule has 1 heterocycles. The van der Waals surface area contributed by atoms with Gasteiger partial charge in [-0.05, 0) is 48.5 Å². The zero-order valence-electron chi connectivity index (χ0n) is 12.7.